The van der Waals surface area contributed by atoms with Crippen LogP contribution in [-0.2, 0) is 21.4 Å². The molecule has 0 saturated carbocycles. The monoisotopic (exact) mass is 446 g/mol. The van der Waals surface area contributed by atoms with E-state index in [1.165, 1.54) is 0 Å². The van der Waals surface area contributed by atoms with Crippen LogP contribution in [0.3, 0.4) is 0 Å². The lowest BCUT2D eigenvalue weighted by atomic mass is 10.1. The zero-order valence-corrected chi connectivity index (χ0v) is 17.1. The van der Waals surface area contributed by atoms with Gasteiger partial charge in [0.1, 0.15) is 6.54 Å². The summed E-state index contributed by atoms with van der Waals surface area (Å²) < 4.78 is 26.1. The lowest BCUT2D eigenvalue weighted by Crippen LogP contribution is -2.40. The number of carbonyl (C=O) groups is 1. The maximum absolute atomic E-state index is 12.4. The second kappa shape index (κ2) is 8.10. The molecule has 27 heavy (non-hydrogen) atoms. The van der Waals surface area contributed by atoms with Crippen LogP contribution in [0.5, 0.6) is 0 Å². The van der Waals surface area contributed by atoms with Crippen molar-refractivity contribution >= 4 is 48.3 Å². The highest BCUT2D eigenvalue weighted by Gasteiger charge is 2.20. The van der Waals surface area contributed by atoms with Crippen LogP contribution in [0.15, 0.2) is 71.2 Å². The molecular weight excluding hydrogens is 428 g/mol. The predicted octanol–water partition coefficient (Wildman–Crippen LogP) is 3.68. The van der Waals surface area contributed by atoms with Crippen molar-refractivity contribution in [3.05, 3.63) is 76.8 Å². The number of fused-ring (bicyclic) bond motifs is 1. The molecule has 7 heteroatoms. The number of sulfonamides is 1. The highest BCUT2D eigenvalue weighted by Crippen LogP contribution is 2.22. The highest BCUT2D eigenvalue weighted by molar-refractivity contribution is 9.10. The molecule has 0 aromatic heterocycles. The molecule has 3 aromatic carbocycles. The van der Waals surface area contributed by atoms with Crippen LogP contribution in [0, 0.1) is 0 Å². The number of hydrogen-bond acceptors (Lipinski definition) is 3. The molecule has 140 valence electrons. The first-order valence-electron chi connectivity index (χ1n) is 8.30. The molecule has 0 aliphatic heterocycles. The summed E-state index contributed by atoms with van der Waals surface area (Å²) in [6.07, 6.45) is 1.09. The van der Waals surface area contributed by atoms with Gasteiger partial charge in [-0.3, -0.25) is 9.10 Å². The molecule has 5 nitrogen and oxygen atoms in total. The minimum absolute atomic E-state index is 0.275. The topological polar surface area (TPSA) is 66.5 Å². The van der Waals surface area contributed by atoms with E-state index in [4.69, 9.17) is 0 Å². The molecular formula is C20H19BrN2O3S. The fourth-order valence-corrected chi connectivity index (χ4v) is 4.00. The summed E-state index contributed by atoms with van der Waals surface area (Å²) in [5.41, 5.74) is 1.39. The van der Waals surface area contributed by atoms with Gasteiger partial charge in [-0.1, -0.05) is 58.4 Å². The second-order valence-corrected chi connectivity index (χ2v) is 9.03. The van der Waals surface area contributed by atoms with Crippen molar-refractivity contribution in [2.45, 2.75) is 6.54 Å². The average Bonchev–Trinajstić information content (AvgIpc) is 2.63. The zero-order valence-electron chi connectivity index (χ0n) is 14.7. The van der Waals surface area contributed by atoms with E-state index in [0.29, 0.717) is 12.2 Å². The first-order chi connectivity index (χ1) is 12.8. The number of halogens is 1. The fourth-order valence-electron chi connectivity index (χ4n) is 2.77. The molecule has 1 amide bonds. The number of carbonyl (C=O) groups excluding carboxylic acids is 1. The number of nitrogens with zero attached hydrogens (tertiary/aromatic N) is 1. The summed E-state index contributed by atoms with van der Waals surface area (Å²) >= 11 is 3.32. The van der Waals surface area contributed by atoms with Gasteiger partial charge in [0.05, 0.1) is 11.9 Å². The quantitative estimate of drug-likeness (QED) is 0.627. The van der Waals surface area contributed by atoms with Crippen LogP contribution >= 0.6 is 15.9 Å². The van der Waals surface area contributed by atoms with E-state index in [0.717, 1.165) is 31.4 Å². The molecule has 0 aliphatic rings. The van der Waals surface area contributed by atoms with E-state index in [2.05, 4.69) is 21.2 Å². The van der Waals surface area contributed by atoms with Crippen LogP contribution < -0.4 is 9.62 Å². The molecule has 0 heterocycles. The van der Waals surface area contributed by atoms with Crippen LogP contribution in [0.1, 0.15) is 5.56 Å². The van der Waals surface area contributed by atoms with E-state index in [1.807, 2.05) is 42.5 Å². The van der Waals surface area contributed by atoms with Crippen LogP contribution in [0.25, 0.3) is 10.8 Å². The molecule has 0 atom stereocenters. The Morgan fingerprint density at radius 3 is 2.44 bits per heavy atom. The minimum Gasteiger partial charge on any atom is -0.350 e. The maximum atomic E-state index is 12.4. The van der Waals surface area contributed by atoms with Gasteiger partial charge < -0.3 is 5.32 Å². The third kappa shape index (κ3) is 5.08. The third-order valence-electron chi connectivity index (χ3n) is 4.09. The SMILES string of the molecule is CS(=O)(=O)N(CC(=O)NCc1ccc2ccccc2c1)c1cccc(Br)c1. The van der Waals surface area contributed by atoms with Gasteiger partial charge in [0.2, 0.25) is 15.9 Å². The Balaban J connectivity index is 1.70. The summed E-state index contributed by atoms with van der Waals surface area (Å²) in [5.74, 6) is -0.367. The number of anilines is 1. The third-order valence-corrected chi connectivity index (χ3v) is 5.72. The summed E-state index contributed by atoms with van der Waals surface area (Å²) in [4.78, 5) is 12.4. The zero-order chi connectivity index (χ0) is 19.4. The van der Waals surface area contributed by atoms with Gasteiger partial charge in [-0.25, -0.2) is 8.42 Å². The lowest BCUT2D eigenvalue weighted by molar-refractivity contribution is -0.119. The largest absolute Gasteiger partial charge is 0.350 e. The Labute approximate surface area is 167 Å². The lowest BCUT2D eigenvalue weighted by Gasteiger charge is -2.22. The molecule has 1 N–H and O–H groups in total. The molecule has 0 bridgehead atoms. The predicted molar refractivity (Wildman–Crippen MR) is 112 cm³/mol. The minimum atomic E-state index is -3.59. The summed E-state index contributed by atoms with van der Waals surface area (Å²) in [6, 6.07) is 20.8. The molecule has 3 aromatic rings. The van der Waals surface area contributed by atoms with Gasteiger partial charge in [-0.05, 0) is 40.6 Å². The van der Waals surface area contributed by atoms with E-state index in [9.17, 15) is 13.2 Å². The number of rotatable bonds is 6. The highest BCUT2D eigenvalue weighted by atomic mass is 79.9. The Morgan fingerprint density at radius 1 is 1.00 bits per heavy atom. The number of hydrogen-bond donors (Lipinski definition) is 1. The fraction of sp³-hybridized carbons (Fsp3) is 0.150. The van der Waals surface area contributed by atoms with Gasteiger partial charge >= 0.3 is 0 Å². The normalized spacial score (nSPS) is 11.3. The van der Waals surface area contributed by atoms with Gasteiger partial charge in [0, 0.05) is 11.0 Å². The maximum Gasteiger partial charge on any atom is 0.241 e. The summed E-state index contributed by atoms with van der Waals surface area (Å²) in [6.45, 7) is 0.0582. The molecule has 0 fully saturated rings. The van der Waals surface area contributed by atoms with Crippen molar-refractivity contribution in [2.24, 2.45) is 0 Å². The van der Waals surface area contributed by atoms with Crippen molar-refractivity contribution in [1.29, 1.82) is 0 Å². The Morgan fingerprint density at radius 2 is 1.74 bits per heavy atom. The summed E-state index contributed by atoms with van der Waals surface area (Å²) in [5, 5.41) is 5.02. The van der Waals surface area contributed by atoms with E-state index in [1.54, 1.807) is 24.3 Å². The van der Waals surface area contributed by atoms with E-state index in [-0.39, 0.29) is 12.5 Å². The Bertz CT molecular complexity index is 1080. The number of benzene rings is 3. The Kier molecular flexibility index (Phi) is 5.82. The van der Waals surface area contributed by atoms with Gasteiger partial charge in [0.25, 0.3) is 0 Å². The number of amides is 1. The molecule has 0 radical (unpaired) electrons. The molecule has 0 spiro atoms. The van der Waals surface area contributed by atoms with Crippen LogP contribution in [-0.4, -0.2) is 27.1 Å². The standard InChI is InChI=1S/C20H19BrN2O3S/c1-27(25,26)23(19-8-4-7-18(21)12-19)14-20(24)22-13-15-9-10-16-5-2-3-6-17(16)11-15/h2-12H,13-14H2,1H3,(H,22,24). The van der Waals surface area contributed by atoms with Crippen molar-refractivity contribution < 1.29 is 13.2 Å². The first-order valence-corrected chi connectivity index (χ1v) is 10.9. The van der Waals surface area contributed by atoms with Gasteiger partial charge in [-0.2, -0.15) is 0 Å². The summed E-state index contributed by atoms with van der Waals surface area (Å²) in [7, 11) is -3.59. The van der Waals surface area contributed by atoms with Gasteiger partial charge in [0.15, 0.2) is 0 Å². The number of nitrogens with one attached hydrogen (secondary N) is 1. The molecule has 0 unspecified atom stereocenters. The van der Waals surface area contributed by atoms with Crippen molar-refractivity contribution in [2.75, 3.05) is 17.1 Å². The van der Waals surface area contributed by atoms with Crippen molar-refractivity contribution in [3.63, 3.8) is 0 Å². The smallest absolute Gasteiger partial charge is 0.241 e. The van der Waals surface area contributed by atoms with Crippen molar-refractivity contribution in [1.82, 2.24) is 5.32 Å². The van der Waals surface area contributed by atoms with Gasteiger partial charge in [-0.15, -0.1) is 0 Å². The van der Waals surface area contributed by atoms with Crippen LogP contribution in [0.4, 0.5) is 5.69 Å². The Hall–Kier alpha value is -2.38. The van der Waals surface area contributed by atoms with Crippen LogP contribution in [0.2, 0.25) is 0 Å². The molecule has 0 saturated heterocycles. The second-order valence-electron chi connectivity index (χ2n) is 6.21. The van der Waals surface area contributed by atoms with E-state index < -0.39 is 10.0 Å². The average molecular weight is 447 g/mol. The molecule has 3 rings (SSSR count). The van der Waals surface area contributed by atoms with Crippen molar-refractivity contribution in [3.8, 4) is 0 Å². The molecule has 0 aliphatic carbocycles. The van der Waals surface area contributed by atoms with E-state index >= 15 is 0 Å². The first kappa shape index (κ1) is 19.4.